The molecule has 7 rings (SSSR count). The Bertz CT molecular complexity index is 2320. The molecular weight excluding hydrogens is 777 g/mol. The molecule has 0 spiro atoms. The highest BCUT2D eigenvalue weighted by Gasteiger charge is 2.45. The molecule has 314 valence electrons. The van der Waals surface area contributed by atoms with E-state index in [1.54, 1.807) is 29.5 Å². The number of nitrogens with two attached hydrogens (primary N) is 1. The Morgan fingerprint density at radius 2 is 1.62 bits per heavy atom. The zero-order valence-corrected chi connectivity index (χ0v) is 35.6. The number of aryl methyl sites for hydroxylation is 1. The minimum atomic E-state index is -0.902. The molecule has 0 saturated carbocycles. The summed E-state index contributed by atoms with van der Waals surface area (Å²) >= 11 is 1.58. The van der Waals surface area contributed by atoms with Crippen molar-refractivity contribution in [2.45, 2.75) is 84.0 Å². The third kappa shape index (κ3) is 9.51. The van der Waals surface area contributed by atoms with Crippen LogP contribution in [0.2, 0.25) is 0 Å². The minimum absolute atomic E-state index is 0.0112. The Morgan fingerprint density at radius 1 is 0.933 bits per heavy atom. The van der Waals surface area contributed by atoms with E-state index in [0.29, 0.717) is 36.1 Å². The van der Waals surface area contributed by atoms with Crippen LogP contribution in [0.5, 0.6) is 5.75 Å². The van der Waals surface area contributed by atoms with Gasteiger partial charge in [-0.05, 0) is 91.6 Å². The Kier molecular flexibility index (Phi) is 12.6. The Labute approximate surface area is 355 Å². The predicted octanol–water partition coefficient (Wildman–Crippen LogP) is 6.08. The minimum Gasteiger partial charge on any atom is -0.507 e. The summed E-state index contributed by atoms with van der Waals surface area (Å²) in [5.41, 5.74) is 14.3. The van der Waals surface area contributed by atoms with Crippen molar-refractivity contribution in [3.63, 3.8) is 0 Å². The van der Waals surface area contributed by atoms with Crippen molar-refractivity contribution < 1.29 is 24.6 Å². The fourth-order valence-corrected chi connectivity index (χ4v) is 9.05. The van der Waals surface area contributed by atoms with E-state index in [1.807, 2.05) is 88.7 Å². The van der Waals surface area contributed by atoms with Crippen molar-refractivity contribution in [1.82, 2.24) is 35.6 Å². The van der Waals surface area contributed by atoms with Crippen LogP contribution in [0.3, 0.4) is 0 Å². The number of aliphatic hydroxyl groups excluding tert-OH is 1. The van der Waals surface area contributed by atoms with Crippen molar-refractivity contribution in [3.05, 3.63) is 101 Å². The molecule has 60 heavy (non-hydrogen) atoms. The van der Waals surface area contributed by atoms with E-state index in [2.05, 4.69) is 42.8 Å². The zero-order valence-electron chi connectivity index (χ0n) is 34.8. The molecule has 0 bridgehead atoms. The summed E-state index contributed by atoms with van der Waals surface area (Å²) in [6.07, 6.45) is 0.985. The highest BCUT2D eigenvalue weighted by molar-refractivity contribution is 7.13. The van der Waals surface area contributed by atoms with Crippen molar-refractivity contribution in [1.29, 1.82) is 0 Å². The molecule has 14 heteroatoms. The number of likely N-dealkylation sites (tertiary alicyclic amines) is 2. The van der Waals surface area contributed by atoms with Gasteiger partial charge in [0.25, 0.3) is 0 Å². The third-order valence-corrected chi connectivity index (χ3v) is 12.7. The number of piperidine rings is 1. The summed E-state index contributed by atoms with van der Waals surface area (Å²) in [6, 6.07) is 23.0. The van der Waals surface area contributed by atoms with Gasteiger partial charge in [-0.3, -0.25) is 19.3 Å². The second-order valence-electron chi connectivity index (χ2n) is 17.1. The molecule has 4 atom stereocenters. The number of carbonyl (C=O) groups is 3. The maximum absolute atomic E-state index is 14.2. The summed E-state index contributed by atoms with van der Waals surface area (Å²) in [7, 11) is 0. The number of nitrogen functional groups attached to an aromatic ring is 1. The fourth-order valence-electron chi connectivity index (χ4n) is 8.24. The number of nitrogens with zero attached hydrogens (tertiary/aromatic N) is 5. The first-order valence-electron chi connectivity index (χ1n) is 20.5. The predicted molar refractivity (Wildman–Crippen MR) is 234 cm³/mol. The summed E-state index contributed by atoms with van der Waals surface area (Å²) in [5, 5.41) is 35.4. The van der Waals surface area contributed by atoms with E-state index in [9.17, 15) is 24.6 Å². The Hall–Kier alpha value is -5.70. The van der Waals surface area contributed by atoms with E-state index < -0.39 is 23.6 Å². The molecule has 0 radical (unpaired) electrons. The number of thiazole rings is 1. The summed E-state index contributed by atoms with van der Waals surface area (Å²) in [5.74, 6) is -0.253. The quantitative estimate of drug-likeness (QED) is 0.105. The van der Waals surface area contributed by atoms with Gasteiger partial charge < -0.3 is 31.5 Å². The first kappa shape index (κ1) is 42.4. The SMILES string of the molecule is Cc1ncsc1-c1ccc([C@H](C)NC(=O)[C@@H]2C[C@@H](O)CN2C(=O)C(NC(=O)CN2CCC(c3ccc(-c4cc(-c5ccccc5O)nnc4N)cc3)CC2)C(C)(C)C)cc1. The molecule has 2 aromatic heterocycles. The Morgan fingerprint density at radius 3 is 2.27 bits per heavy atom. The number of nitrogens with one attached hydrogen (secondary N) is 2. The lowest BCUT2D eigenvalue weighted by Crippen LogP contribution is -2.59. The maximum atomic E-state index is 14.2. The number of phenols is 1. The normalized spacial score (nSPS) is 18.5. The second-order valence-corrected chi connectivity index (χ2v) is 18.0. The molecule has 4 heterocycles. The molecule has 2 saturated heterocycles. The molecule has 1 unspecified atom stereocenters. The third-order valence-electron chi connectivity index (χ3n) is 11.7. The van der Waals surface area contributed by atoms with Gasteiger partial charge in [-0.1, -0.05) is 81.4 Å². The molecule has 3 amide bonds. The zero-order chi connectivity index (χ0) is 42.7. The van der Waals surface area contributed by atoms with Crippen LogP contribution in [0.4, 0.5) is 5.82 Å². The number of para-hydroxylation sites is 1. The molecule has 13 nitrogen and oxygen atoms in total. The lowest BCUT2D eigenvalue weighted by atomic mass is 9.85. The second kappa shape index (κ2) is 17.9. The number of benzene rings is 3. The number of phenolic OH excluding ortho intramolecular Hbond substituents is 1. The molecule has 2 fully saturated rings. The molecular formula is C46H54N8O5S. The number of hydrogen-bond acceptors (Lipinski definition) is 11. The standard InChI is InChI=1S/C46H54N8O5S/c1-27(29-10-16-33(17-11-29)41-28(2)48-26-60-41)49-44(58)38-22-34(55)24-54(38)45(59)42(46(3,4)5)50-40(57)25-53-20-18-31(19-21-53)30-12-14-32(15-13-30)36-23-37(51-52-43(36)47)35-8-6-7-9-39(35)56/h6-17,23,26-27,31,34,38,42,55-56H,18-22,24-25H2,1-5H3,(H2,47,52)(H,49,58)(H,50,57)/t27-,34+,38-,42?/m0/s1. The van der Waals surface area contributed by atoms with Gasteiger partial charge >= 0.3 is 0 Å². The molecule has 2 aliphatic rings. The molecule has 5 aromatic rings. The highest BCUT2D eigenvalue weighted by Crippen LogP contribution is 2.35. The van der Waals surface area contributed by atoms with E-state index in [-0.39, 0.29) is 49.0 Å². The number of hydrogen-bond donors (Lipinski definition) is 5. The van der Waals surface area contributed by atoms with E-state index in [1.165, 1.54) is 10.5 Å². The number of amides is 3. The van der Waals surface area contributed by atoms with Crippen molar-refractivity contribution in [3.8, 4) is 38.6 Å². The number of aromatic hydroxyl groups is 1. The van der Waals surface area contributed by atoms with Gasteiger partial charge in [-0.15, -0.1) is 21.5 Å². The Balaban J connectivity index is 0.932. The van der Waals surface area contributed by atoms with Gasteiger partial charge in [0.15, 0.2) is 5.82 Å². The summed E-state index contributed by atoms with van der Waals surface area (Å²) in [6.45, 7) is 11.1. The van der Waals surface area contributed by atoms with Gasteiger partial charge in [-0.25, -0.2) is 4.98 Å². The van der Waals surface area contributed by atoms with Gasteiger partial charge in [0, 0.05) is 24.1 Å². The molecule has 6 N–H and O–H groups in total. The smallest absolute Gasteiger partial charge is 0.246 e. The molecule has 2 aliphatic heterocycles. The van der Waals surface area contributed by atoms with Crippen LogP contribution in [0.25, 0.3) is 32.8 Å². The van der Waals surface area contributed by atoms with Crippen molar-refractivity contribution >= 4 is 34.9 Å². The van der Waals surface area contributed by atoms with Crippen LogP contribution in [0.15, 0.2) is 84.4 Å². The number of rotatable bonds is 11. The van der Waals surface area contributed by atoms with Gasteiger partial charge in [0.1, 0.15) is 17.8 Å². The van der Waals surface area contributed by atoms with Crippen LogP contribution >= 0.6 is 11.3 Å². The summed E-state index contributed by atoms with van der Waals surface area (Å²) < 4.78 is 0. The largest absolute Gasteiger partial charge is 0.507 e. The van der Waals surface area contributed by atoms with Gasteiger partial charge in [0.05, 0.1) is 40.5 Å². The van der Waals surface area contributed by atoms with E-state index in [4.69, 9.17) is 5.73 Å². The van der Waals surface area contributed by atoms with Crippen LogP contribution in [0.1, 0.15) is 75.7 Å². The van der Waals surface area contributed by atoms with Gasteiger partial charge in [0.2, 0.25) is 17.7 Å². The number of β-amino-alcohol motifs (C(OH)–C–C–N with tert-alkyl or cyclic N) is 1. The number of aromatic nitrogens is 3. The molecule has 3 aromatic carbocycles. The summed E-state index contributed by atoms with van der Waals surface area (Å²) in [4.78, 5) is 50.5. The number of aliphatic hydroxyl groups is 1. The van der Waals surface area contributed by atoms with Crippen molar-refractivity contribution in [2.75, 3.05) is 31.9 Å². The van der Waals surface area contributed by atoms with Crippen LogP contribution in [-0.4, -0.2) is 97.3 Å². The van der Waals surface area contributed by atoms with E-state index in [0.717, 1.165) is 45.7 Å². The molecule has 0 aliphatic carbocycles. The first-order chi connectivity index (χ1) is 28.7. The average Bonchev–Trinajstić information content (AvgIpc) is 3.85. The first-order valence-corrected chi connectivity index (χ1v) is 21.4. The van der Waals surface area contributed by atoms with Crippen molar-refractivity contribution in [2.24, 2.45) is 5.41 Å². The van der Waals surface area contributed by atoms with Crippen LogP contribution in [-0.2, 0) is 14.4 Å². The maximum Gasteiger partial charge on any atom is 0.246 e. The number of anilines is 1. The van der Waals surface area contributed by atoms with Crippen LogP contribution < -0.4 is 16.4 Å². The fraction of sp³-hybridized carbons (Fsp3) is 0.391. The topological polar surface area (TPSA) is 187 Å². The van der Waals surface area contributed by atoms with Crippen LogP contribution in [0, 0.1) is 12.3 Å². The average molecular weight is 831 g/mol. The van der Waals surface area contributed by atoms with Gasteiger partial charge in [-0.2, -0.15) is 0 Å². The monoisotopic (exact) mass is 830 g/mol. The van der Waals surface area contributed by atoms with E-state index >= 15 is 0 Å². The number of carbonyl (C=O) groups excluding carboxylic acids is 3. The lowest BCUT2D eigenvalue weighted by molar-refractivity contribution is -0.144. The lowest BCUT2D eigenvalue weighted by Gasteiger charge is -2.36. The highest BCUT2D eigenvalue weighted by atomic mass is 32.1.